The van der Waals surface area contributed by atoms with Crippen molar-refractivity contribution in [1.82, 2.24) is 4.90 Å². The van der Waals surface area contributed by atoms with Crippen LogP contribution in [0.5, 0.6) is 11.5 Å². The van der Waals surface area contributed by atoms with E-state index in [0.29, 0.717) is 21.3 Å². The maximum atomic E-state index is 12.3. The number of amidine groups is 1. The molecule has 0 unspecified atom stereocenters. The Bertz CT molecular complexity index is 977. The summed E-state index contributed by atoms with van der Waals surface area (Å²) in [5.74, 6) is 0.119. The van der Waals surface area contributed by atoms with Gasteiger partial charge in [0.2, 0.25) is 0 Å². The fraction of sp³-hybridized carbons (Fsp3) is 0.286. The number of aliphatic imine (C=N–C) groups is 1. The number of thioether (sulfide) groups is 1. The van der Waals surface area contributed by atoms with E-state index in [4.69, 9.17) is 9.47 Å². The van der Waals surface area contributed by atoms with Crippen LogP contribution < -0.4 is 9.47 Å². The van der Waals surface area contributed by atoms with Crippen LogP contribution in [0.1, 0.15) is 34.5 Å². The van der Waals surface area contributed by atoms with Crippen molar-refractivity contribution in [1.29, 1.82) is 0 Å². The monoisotopic (exact) mass is 428 g/mol. The molecule has 1 aromatic heterocycles. The van der Waals surface area contributed by atoms with Gasteiger partial charge < -0.3 is 14.4 Å². The van der Waals surface area contributed by atoms with Crippen molar-refractivity contribution in [2.75, 3.05) is 20.2 Å². The van der Waals surface area contributed by atoms with Crippen molar-refractivity contribution >= 4 is 46.2 Å². The molecule has 0 radical (unpaired) electrons. The largest absolute Gasteiger partial charge is 0.493 e. The van der Waals surface area contributed by atoms with Crippen LogP contribution in [0.15, 0.2) is 45.6 Å². The second-order valence-electron chi connectivity index (χ2n) is 6.64. The smallest absolute Gasteiger partial charge is 0.353 e. The number of methoxy groups -OCH3 is 1. The molecule has 150 valence electrons. The molecule has 4 rings (SSSR count). The molecule has 2 aromatic rings. The number of carbonyl (C=O) groups excluding carboxylic acids is 2. The van der Waals surface area contributed by atoms with Gasteiger partial charge in [-0.2, -0.15) is 4.99 Å². The molecule has 1 aromatic carbocycles. The van der Waals surface area contributed by atoms with Crippen LogP contribution in [0, 0.1) is 0 Å². The van der Waals surface area contributed by atoms with E-state index in [1.807, 2.05) is 5.38 Å². The quantitative estimate of drug-likeness (QED) is 0.408. The number of hydrogen-bond donors (Lipinski definition) is 0. The van der Waals surface area contributed by atoms with E-state index in [0.717, 1.165) is 36.7 Å². The third kappa shape index (κ3) is 4.54. The topological polar surface area (TPSA) is 68.2 Å². The molecule has 1 amide bonds. The molecule has 3 heterocycles. The van der Waals surface area contributed by atoms with Gasteiger partial charge in [-0.1, -0.05) is 12.1 Å². The van der Waals surface area contributed by atoms with E-state index in [-0.39, 0.29) is 5.91 Å². The highest BCUT2D eigenvalue weighted by atomic mass is 32.2. The van der Waals surface area contributed by atoms with Gasteiger partial charge in [-0.3, -0.25) is 4.79 Å². The zero-order valence-corrected chi connectivity index (χ0v) is 17.6. The van der Waals surface area contributed by atoms with Crippen LogP contribution >= 0.6 is 23.1 Å². The van der Waals surface area contributed by atoms with Crippen LogP contribution in [-0.4, -0.2) is 42.1 Å². The van der Waals surface area contributed by atoms with Crippen LogP contribution in [0.2, 0.25) is 0 Å². The first-order valence-corrected chi connectivity index (χ1v) is 11.0. The van der Waals surface area contributed by atoms with Crippen LogP contribution in [0.4, 0.5) is 0 Å². The van der Waals surface area contributed by atoms with Gasteiger partial charge in [-0.15, -0.1) is 11.3 Å². The SMILES string of the molecule is COc1cc(/C=C2\SC(N3CCCCC3)=NC2=O)ccc1OC(=O)c1cccs1. The Labute approximate surface area is 177 Å². The van der Waals surface area contributed by atoms with Crippen molar-refractivity contribution < 1.29 is 19.1 Å². The molecular formula is C21H20N2O4S2. The average Bonchev–Trinajstić information content (AvgIpc) is 3.40. The number of thiophene rings is 1. The van der Waals surface area contributed by atoms with E-state index in [2.05, 4.69) is 9.89 Å². The van der Waals surface area contributed by atoms with E-state index < -0.39 is 5.97 Å². The number of nitrogens with zero attached hydrogens (tertiary/aromatic N) is 2. The van der Waals surface area contributed by atoms with Crippen molar-refractivity contribution in [2.24, 2.45) is 4.99 Å². The first kappa shape index (κ1) is 19.7. The molecule has 2 aliphatic heterocycles. The molecule has 0 saturated carbocycles. The normalized spacial score (nSPS) is 18.1. The summed E-state index contributed by atoms with van der Waals surface area (Å²) in [5, 5.41) is 2.61. The van der Waals surface area contributed by atoms with Gasteiger partial charge in [-0.25, -0.2) is 4.79 Å². The maximum absolute atomic E-state index is 12.3. The second kappa shape index (κ2) is 8.84. The summed E-state index contributed by atoms with van der Waals surface area (Å²) in [4.78, 5) is 32.0. The van der Waals surface area contributed by atoms with E-state index >= 15 is 0 Å². The number of hydrogen-bond acceptors (Lipinski definition) is 7. The lowest BCUT2D eigenvalue weighted by molar-refractivity contribution is -0.113. The van der Waals surface area contributed by atoms with E-state index in [1.165, 1.54) is 36.6 Å². The molecule has 0 spiro atoms. The standard InChI is InChI=1S/C21H20N2O4S2/c1-26-16-12-14(7-8-15(16)27-20(25)17-6-5-11-28-17)13-18-19(24)22-21(29-18)23-9-3-2-4-10-23/h5-8,11-13H,2-4,9-10H2,1H3/b18-13-. The van der Waals surface area contributed by atoms with Gasteiger partial charge in [-0.05, 0) is 66.2 Å². The van der Waals surface area contributed by atoms with Gasteiger partial charge in [0.25, 0.3) is 5.91 Å². The van der Waals surface area contributed by atoms with E-state index in [1.54, 1.807) is 36.4 Å². The Balaban J connectivity index is 1.49. The molecule has 0 aliphatic carbocycles. The lowest BCUT2D eigenvalue weighted by Gasteiger charge is -2.27. The predicted octanol–water partition coefficient (Wildman–Crippen LogP) is 4.43. The molecule has 29 heavy (non-hydrogen) atoms. The highest BCUT2D eigenvalue weighted by Gasteiger charge is 2.27. The van der Waals surface area contributed by atoms with Crippen LogP contribution in [0.3, 0.4) is 0 Å². The van der Waals surface area contributed by atoms with Gasteiger partial charge in [0.15, 0.2) is 16.7 Å². The minimum absolute atomic E-state index is 0.220. The minimum atomic E-state index is -0.425. The zero-order chi connectivity index (χ0) is 20.2. The highest BCUT2D eigenvalue weighted by Crippen LogP contribution is 2.34. The van der Waals surface area contributed by atoms with Crippen LogP contribution in [0.25, 0.3) is 6.08 Å². The fourth-order valence-electron chi connectivity index (χ4n) is 3.17. The highest BCUT2D eigenvalue weighted by molar-refractivity contribution is 8.18. The number of carbonyl (C=O) groups is 2. The molecular weight excluding hydrogens is 408 g/mol. The lowest BCUT2D eigenvalue weighted by atomic mass is 10.1. The van der Waals surface area contributed by atoms with Gasteiger partial charge in [0.1, 0.15) is 4.88 Å². The second-order valence-corrected chi connectivity index (χ2v) is 8.59. The van der Waals surface area contributed by atoms with Crippen LogP contribution in [-0.2, 0) is 4.79 Å². The molecule has 0 bridgehead atoms. The number of esters is 1. The fourth-order valence-corrected chi connectivity index (χ4v) is 4.74. The molecule has 8 heteroatoms. The molecule has 1 fully saturated rings. The van der Waals surface area contributed by atoms with Crippen molar-refractivity contribution in [3.63, 3.8) is 0 Å². The third-order valence-electron chi connectivity index (χ3n) is 4.65. The zero-order valence-electron chi connectivity index (χ0n) is 15.9. The van der Waals surface area contributed by atoms with Gasteiger partial charge in [0, 0.05) is 13.1 Å². The summed E-state index contributed by atoms with van der Waals surface area (Å²) in [7, 11) is 1.52. The number of ether oxygens (including phenoxy) is 2. The summed E-state index contributed by atoms with van der Waals surface area (Å²) >= 11 is 2.73. The van der Waals surface area contributed by atoms with Gasteiger partial charge in [0.05, 0.1) is 12.0 Å². The summed E-state index contributed by atoms with van der Waals surface area (Å²) in [5.41, 5.74) is 0.781. The molecule has 0 N–H and O–H groups in total. The predicted molar refractivity (Wildman–Crippen MR) is 116 cm³/mol. The molecule has 2 aliphatic rings. The summed E-state index contributed by atoms with van der Waals surface area (Å²) in [6, 6.07) is 8.72. The van der Waals surface area contributed by atoms with Crippen molar-refractivity contribution in [3.05, 3.63) is 51.1 Å². The Hall–Kier alpha value is -2.58. The maximum Gasteiger partial charge on any atom is 0.353 e. The molecule has 1 saturated heterocycles. The number of amides is 1. The Kier molecular flexibility index (Phi) is 6.01. The Morgan fingerprint density at radius 1 is 1.17 bits per heavy atom. The summed E-state index contributed by atoms with van der Waals surface area (Å²) < 4.78 is 10.8. The number of rotatable bonds is 4. The summed E-state index contributed by atoms with van der Waals surface area (Å²) in [6.45, 7) is 1.90. The molecule has 0 atom stereocenters. The Morgan fingerprint density at radius 2 is 2.00 bits per heavy atom. The number of piperidine rings is 1. The first-order valence-electron chi connectivity index (χ1n) is 9.35. The lowest BCUT2D eigenvalue weighted by Crippen LogP contribution is -2.33. The number of benzene rings is 1. The first-order chi connectivity index (χ1) is 14.1. The van der Waals surface area contributed by atoms with Crippen molar-refractivity contribution in [3.8, 4) is 11.5 Å². The van der Waals surface area contributed by atoms with Crippen molar-refractivity contribution in [2.45, 2.75) is 19.3 Å². The molecule has 6 nitrogen and oxygen atoms in total. The average molecular weight is 429 g/mol. The summed E-state index contributed by atoms with van der Waals surface area (Å²) in [6.07, 6.45) is 5.29. The minimum Gasteiger partial charge on any atom is -0.493 e. The van der Waals surface area contributed by atoms with Gasteiger partial charge >= 0.3 is 5.97 Å². The Morgan fingerprint density at radius 3 is 2.72 bits per heavy atom. The third-order valence-corrected chi connectivity index (χ3v) is 6.54. The van der Waals surface area contributed by atoms with E-state index in [9.17, 15) is 9.59 Å². The number of likely N-dealkylation sites (tertiary alicyclic amines) is 1.